The SMILES string of the molecule is CCC(C)C(=O)N1CCN(C(C(=O)N(C)CC)C2CCCC2)CC1. The third kappa shape index (κ3) is 4.29. The summed E-state index contributed by atoms with van der Waals surface area (Å²) in [6.07, 6.45) is 5.72. The minimum absolute atomic E-state index is 0.0123. The fraction of sp³-hybridized carbons (Fsp3) is 0.895. The molecule has 0 aromatic heterocycles. The Bertz CT molecular complexity index is 426. The second kappa shape index (κ2) is 8.84. The van der Waals surface area contributed by atoms with Gasteiger partial charge in [-0.1, -0.05) is 26.7 Å². The Morgan fingerprint density at radius 3 is 2.17 bits per heavy atom. The summed E-state index contributed by atoms with van der Waals surface area (Å²) in [5.74, 6) is 1.14. The van der Waals surface area contributed by atoms with E-state index in [1.165, 1.54) is 25.7 Å². The van der Waals surface area contributed by atoms with Gasteiger partial charge in [0.25, 0.3) is 0 Å². The number of carbonyl (C=O) groups is 2. The lowest BCUT2D eigenvalue weighted by molar-refractivity contribution is -0.141. The molecule has 138 valence electrons. The topological polar surface area (TPSA) is 43.9 Å². The first-order chi connectivity index (χ1) is 11.5. The Morgan fingerprint density at radius 2 is 1.67 bits per heavy atom. The van der Waals surface area contributed by atoms with E-state index in [9.17, 15) is 9.59 Å². The molecule has 2 rings (SSSR count). The lowest BCUT2D eigenvalue weighted by Gasteiger charge is -2.42. The molecule has 2 aliphatic rings. The Kier molecular flexibility index (Phi) is 7.08. The number of hydrogen-bond donors (Lipinski definition) is 0. The van der Waals surface area contributed by atoms with E-state index in [1.807, 2.05) is 30.7 Å². The molecule has 0 aromatic carbocycles. The molecule has 5 nitrogen and oxygen atoms in total. The zero-order chi connectivity index (χ0) is 17.7. The van der Waals surface area contributed by atoms with Gasteiger partial charge in [0.1, 0.15) is 0 Å². The third-order valence-electron chi connectivity index (χ3n) is 6.00. The lowest BCUT2D eigenvalue weighted by atomic mass is 9.94. The summed E-state index contributed by atoms with van der Waals surface area (Å²) >= 11 is 0. The molecule has 2 amide bonds. The molecule has 1 heterocycles. The molecule has 24 heavy (non-hydrogen) atoms. The summed E-state index contributed by atoms with van der Waals surface area (Å²) in [7, 11) is 1.91. The second-order valence-corrected chi connectivity index (χ2v) is 7.51. The highest BCUT2D eigenvalue weighted by Crippen LogP contribution is 2.32. The molecule has 5 heteroatoms. The van der Waals surface area contributed by atoms with E-state index >= 15 is 0 Å². The van der Waals surface area contributed by atoms with Crippen LogP contribution in [0.4, 0.5) is 0 Å². The highest BCUT2D eigenvalue weighted by atomic mass is 16.2. The van der Waals surface area contributed by atoms with Gasteiger partial charge in [0.15, 0.2) is 0 Å². The van der Waals surface area contributed by atoms with Crippen LogP contribution in [0.2, 0.25) is 0 Å². The number of amides is 2. The number of hydrogen-bond acceptors (Lipinski definition) is 3. The average Bonchev–Trinajstić information content (AvgIpc) is 3.14. The van der Waals surface area contributed by atoms with Crippen molar-refractivity contribution in [2.45, 2.75) is 58.9 Å². The zero-order valence-corrected chi connectivity index (χ0v) is 16.0. The number of carbonyl (C=O) groups excluding carboxylic acids is 2. The predicted octanol–water partition coefficient (Wildman–Crippen LogP) is 2.21. The predicted molar refractivity (Wildman–Crippen MR) is 96.7 cm³/mol. The van der Waals surface area contributed by atoms with Crippen molar-refractivity contribution in [1.82, 2.24) is 14.7 Å². The van der Waals surface area contributed by atoms with Crippen LogP contribution >= 0.6 is 0 Å². The van der Waals surface area contributed by atoms with E-state index in [2.05, 4.69) is 11.8 Å². The molecular weight excluding hydrogens is 302 g/mol. The maximum Gasteiger partial charge on any atom is 0.239 e. The summed E-state index contributed by atoms with van der Waals surface area (Å²) in [5, 5.41) is 0. The van der Waals surface area contributed by atoms with Gasteiger partial charge in [-0.15, -0.1) is 0 Å². The van der Waals surface area contributed by atoms with E-state index in [1.54, 1.807) is 0 Å². The van der Waals surface area contributed by atoms with E-state index < -0.39 is 0 Å². The molecule has 2 fully saturated rings. The van der Waals surface area contributed by atoms with Crippen molar-refractivity contribution in [3.05, 3.63) is 0 Å². The Balaban J connectivity index is 2.01. The summed E-state index contributed by atoms with van der Waals surface area (Å²) < 4.78 is 0. The lowest BCUT2D eigenvalue weighted by Crippen LogP contribution is -2.58. The summed E-state index contributed by atoms with van der Waals surface area (Å²) in [6.45, 7) is 10.0. The highest BCUT2D eigenvalue weighted by molar-refractivity contribution is 5.82. The number of piperazine rings is 1. The van der Waals surface area contributed by atoms with Crippen molar-refractivity contribution < 1.29 is 9.59 Å². The van der Waals surface area contributed by atoms with Gasteiger partial charge >= 0.3 is 0 Å². The molecule has 2 atom stereocenters. The molecule has 0 N–H and O–H groups in total. The summed E-state index contributed by atoms with van der Waals surface area (Å²) in [6, 6.07) is 0.0123. The number of likely N-dealkylation sites (N-methyl/N-ethyl adjacent to an activating group) is 1. The summed E-state index contributed by atoms with van der Waals surface area (Å²) in [5.41, 5.74) is 0. The van der Waals surface area contributed by atoms with Crippen molar-refractivity contribution in [2.24, 2.45) is 11.8 Å². The molecule has 1 aliphatic heterocycles. The Labute approximate surface area is 147 Å². The standard InChI is InChI=1S/C19H35N3O2/c1-5-15(3)18(23)22-13-11-21(12-14-22)17(16-9-7-8-10-16)19(24)20(4)6-2/h15-17H,5-14H2,1-4H3. The first-order valence-corrected chi connectivity index (χ1v) is 9.77. The minimum atomic E-state index is 0.0123. The number of rotatable bonds is 6. The van der Waals surface area contributed by atoms with Crippen LogP contribution in [0.5, 0.6) is 0 Å². The monoisotopic (exact) mass is 337 g/mol. The van der Waals surface area contributed by atoms with Crippen LogP contribution in [-0.2, 0) is 9.59 Å². The van der Waals surface area contributed by atoms with Crippen LogP contribution in [0, 0.1) is 11.8 Å². The van der Waals surface area contributed by atoms with Crippen LogP contribution in [-0.4, -0.2) is 72.3 Å². The van der Waals surface area contributed by atoms with Crippen LogP contribution in [0.25, 0.3) is 0 Å². The van der Waals surface area contributed by atoms with Gasteiger partial charge in [0.05, 0.1) is 6.04 Å². The van der Waals surface area contributed by atoms with Gasteiger partial charge < -0.3 is 9.80 Å². The van der Waals surface area contributed by atoms with Crippen LogP contribution in [0.3, 0.4) is 0 Å². The average molecular weight is 338 g/mol. The second-order valence-electron chi connectivity index (χ2n) is 7.51. The fourth-order valence-electron chi connectivity index (χ4n) is 4.02. The van der Waals surface area contributed by atoms with Crippen LogP contribution < -0.4 is 0 Å². The highest BCUT2D eigenvalue weighted by Gasteiger charge is 2.38. The molecule has 0 radical (unpaired) electrons. The van der Waals surface area contributed by atoms with E-state index in [4.69, 9.17) is 0 Å². The molecule has 1 saturated heterocycles. The normalized spacial score (nSPS) is 22.4. The largest absolute Gasteiger partial charge is 0.345 e. The molecular formula is C19H35N3O2. The molecule has 0 aromatic rings. The maximum absolute atomic E-state index is 12.9. The third-order valence-corrected chi connectivity index (χ3v) is 6.00. The van der Waals surface area contributed by atoms with Gasteiger partial charge in [-0.2, -0.15) is 0 Å². The minimum Gasteiger partial charge on any atom is -0.345 e. The number of nitrogens with zero attached hydrogens (tertiary/aromatic N) is 3. The summed E-state index contributed by atoms with van der Waals surface area (Å²) in [4.78, 5) is 31.5. The Morgan fingerprint density at radius 1 is 1.08 bits per heavy atom. The first kappa shape index (κ1) is 19.2. The van der Waals surface area contributed by atoms with Crippen LogP contribution in [0.15, 0.2) is 0 Å². The van der Waals surface area contributed by atoms with Gasteiger partial charge in [0, 0.05) is 45.7 Å². The molecule has 1 aliphatic carbocycles. The fourth-order valence-corrected chi connectivity index (χ4v) is 4.02. The quantitative estimate of drug-likeness (QED) is 0.746. The van der Waals surface area contributed by atoms with Gasteiger partial charge in [-0.25, -0.2) is 0 Å². The zero-order valence-electron chi connectivity index (χ0n) is 16.0. The first-order valence-electron chi connectivity index (χ1n) is 9.77. The van der Waals surface area contributed by atoms with Gasteiger partial charge in [0.2, 0.25) is 11.8 Å². The van der Waals surface area contributed by atoms with Crippen molar-refractivity contribution in [2.75, 3.05) is 39.8 Å². The molecule has 0 bridgehead atoms. The molecule has 2 unspecified atom stereocenters. The molecule has 1 saturated carbocycles. The van der Waals surface area contributed by atoms with E-state index in [0.717, 1.165) is 39.1 Å². The van der Waals surface area contributed by atoms with Crippen molar-refractivity contribution in [3.8, 4) is 0 Å². The smallest absolute Gasteiger partial charge is 0.239 e. The van der Waals surface area contributed by atoms with Crippen molar-refractivity contribution >= 4 is 11.8 Å². The Hall–Kier alpha value is -1.10. The van der Waals surface area contributed by atoms with Crippen molar-refractivity contribution in [3.63, 3.8) is 0 Å². The van der Waals surface area contributed by atoms with Gasteiger partial charge in [-0.3, -0.25) is 14.5 Å². The maximum atomic E-state index is 12.9. The van der Waals surface area contributed by atoms with E-state index in [0.29, 0.717) is 5.92 Å². The van der Waals surface area contributed by atoms with Crippen molar-refractivity contribution in [1.29, 1.82) is 0 Å². The van der Waals surface area contributed by atoms with Crippen LogP contribution in [0.1, 0.15) is 52.9 Å². The van der Waals surface area contributed by atoms with E-state index in [-0.39, 0.29) is 23.8 Å². The molecule has 0 spiro atoms. The van der Waals surface area contributed by atoms with Gasteiger partial charge in [-0.05, 0) is 32.1 Å².